The number of nitrogens with zero attached hydrogens (tertiary/aromatic N) is 1. The van der Waals surface area contributed by atoms with E-state index >= 15 is 0 Å². The maximum atomic E-state index is 12.9. The monoisotopic (exact) mass is 411 g/mol. The third-order valence-electron chi connectivity index (χ3n) is 4.72. The summed E-state index contributed by atoms with van der Waals surface area (Å²) in [6.45, 7) is 0.230. The zero-order valence-electron chi connectivity index (χ0n) is 15.3. The number of hydrogen-bond donors (Lipinski definition) is 2. The third kappa shape index (κ3) is 3.77. The van der Waals surface area contributed by atoms with E-state index in [0.717, 1.165) is 29.7 Å². The van der Waals surface area contributed by atoms with Gasteiger partial charge in [0.25, 0.3) is 17.5 Å². The van der Waals surface area contributed by atoms with Gasteiger partial charge in [0, 0.05) is 10.9 Å². The molecule has 0 fully saturated rings. The fraction of sp³-hybridized carbons (Fsp3) is 0.200. The van der Waals surface area contributed by atoms with Crippen molar-refractivity contribution in [1.82, 2.24) is 5.32 Å². The van der Waals surface area contributed by atoms with E-state index in [-0.39, 0.29) is 23.7 Å². The number of para-hydroxylation sites is 1. The van der Waals surface area contributed by atoms with Crippen LogP contribution >= 0.6 is 11.3 Å². The minimum absolute atomic E-state index is 0.0481. The number of fused-ring (bicyclic) bond motifs is 1. The summed E-state index contributed by atoms with van der Waals surface area (Å²) < 4.78 is 5.24. The van der Waals surface area contributed by atoms with Gasteiger partial charge in [-0.1, -0.05) is 12.1 Å². The summed E-state index contributed by atoms with van der Waals surface area (Å²) in [6.07, 6.45) is 4.09. The van der Waals surface area contributed by atoms with E-state index < -0.39 is 10.8 Å². The predicted octanol–water partition coefficient (Wildman–Crippen LogP) is 3.92. The van der Waals surface area contributed by atoms with Crippen molar-refractivity contribution in [2.75, 3.05) is 5.32 Å². The second kappa shape index (κ2) is 7.88. The van der Waals surface area contributed by atoms with Crippen molar-refractivity contribution in [3.63, 3.8) is 0 Å². The van der Waals surface area contributed by atoms with Gasteiger partial charge in [0.05, 0.1) is 23.3 Å². The van der Waals surface area contributed by atoms with E-state index in [9.17, 15) is 19.7 Å². The molecule has 0 bridgehead atoms. The van der Waals surface area contributed by atoms with Crippen LogP contribution in [0.15, 0.2) is 47.1 Å². The maximum absolute atomic E-state index is 12.9. The number of nitro groups is 1. The molecule has 0 atom stereocenters. The Labute approximate surface area is 169 Å². The van der Waals surface area contributed by atoms with Gasteiger partial charge in [-0.05, 0) is 43.0 Å². The first-order chi connectivity index (χ1) is 14.0. The molecule has 0 radical (unpaired) electrons. The molecule has 9 heteroatoms. The molecular formula is C20H17N3O5S. The van der Waals surface area contributed by atoms with Crippen molar-refractivity contribution in [3.8, 4) is 0 Å². The number of nitro benzene ring substituents is 1. The Hall–Kier alpha value is -3.46. The molecule has 8 nitrogen and oxygen atoms in total. The minimum atomic E-state index is -0.614. The van der Waals surface area contributed by atoms with Crippen LogP contribution in [0.25, 0.3) is 0 Å². The highest BCUT2D eigenvalue weighted by atomic mass is 32.1. The van der Waals surface area contributed by atoms with Crippen LogP contribution < -0.4 is 10.6 Å². The van der Waals surface area contributed by atoms with Gasteiger partial charge in [0.15, 0.2) is 0 Å². The van der Waals surface area contributed by atoms with E-state index in [1.54, 1.807) is 18.2 Å². The topological polar surface area (TPSA) is 114 Å². The molecule has 148 valence electrons. The number of thiophene rings is 1. The van der Waals surface area contributed by atoms with Crippen molar-refractivity contribution in [2.24, 2.45) is 0 Å². The van der Waals surface area contributed by atoms with Crippen LogP contribution in [-0.2, 0) is 19.4 Å². The Morgan fingerprint density at radius 2 is 1.97 bits per heavy atom. The zero-order valence-corrected chi connectivity index (χ0v) is 16.1. The second-order valence-electron chi connectivity index (χ2n) is 6.55. The average Bonchev–Trinajstić information content (AvgIpc) is 3.43. The maximum Gasteiger partial charge on any atom is 0.282 e. The lowest BCUT2D eigenvalue weighted by atomic mass is 10.1. The first kappa shape index (κ1) is 18.9. The van der Waals surface area contributed by atoms with Crippen LogP contribution in [-0.4, -0.2) is 16.7 Å². The summed E-state index contributed by atoms with van der Waals surface area (Å²) in [4.78, 5) is 37.3. The summed E-state index contributed by atoms with van der Waals surface area (Å²) in [5.41, 5.74) is 1.04. The van der Waals surface area contributed by atoms with Crippen molar-refractivity contribution in [1.29, 1.82) is 0 Å². The molecule has 29 heavy (non-hydrogen) atoms. The highest BCUT2D eigenvalue weighted by molar-refractivity contribution is 7.17. The van der Waals surface area contributed by atoms with Crippen molar-refractivity contribution >= 4 is 33.8 Å². The Balaban J connectivity index is 1.60. The lowest BCUT2D eigenvalue weighted by molar-refractivity contribution is -0.385. The van der Waals surface area contributed by atoms with Crippen molar-refractivity contribution in [2.45, 2.75) is 25.8 Å². The summed E-state index contributed by atoms with van der Waals surface area (Å²) >= 11 is 1.35. The van der Waals surface area contributed by atoms with Crippen LogP contribution in [0.5, 0.6) is 0 Å². The molecule has 1 aromatic carbocycles. The molecule has 0 saturated heterocycles. The highest BCUT2D eigenvalue weighted by Gasteiger charge is 2.29. The Kier molecular flexibility index (Phi) is 5.13. The van der Waals surface area contributed by atoms with E-state index in [0.29, 0.717) is 16.3 Å². The molecule has 2 amide bonds. The molecule has 2 N–H and O–H groups in total. The number of rotatable bonds is 6. The minimum Gasteiger partial charge on any atom is -0.467 e. The van der Waals surface area contributed by atoms with E-state index in [4.69, 9.17) is 4.42 Å². The lowest BCUT2D eigenvalue weighted by Crippen LogP contribution is -2.25. The van der Waals surface area contributed by atoms with Crippen LogP contribution in [0.1, 0.15) is 43.3 Å². The molecule has 1 aliphatic carbocycles. The predicted molar refractivity (Wildman–Crippen MR) is 107 cm³/mol. The van der Waals surface area contributed by atoms with Gasteiger partial charge in [-0.2, -0.15) is 0 Å². The van der Waals surface area contributed by atoms with Gasteiger partial charge in [-0.3, -0.25) is 19.7 Å². The number of amides is 2. The fourth-order valence-corrected chi connectivity index (χ4v) is 4.68. The number of benzene rings is 1. The lowest BCUT2D eigenvalue weighted by Gasteiger charge is -2.09. The smallest absolute Gasteiger partial charge is 0.282 e. The van der Waals surface area contributed by atoms with Crippen molar-refractivity contribution in [3.05, 3.63) is 80.1 Å². The van der Waals surface area contributed by atoms with Gasteiger partial charge in [-0.25, -0.2) is 0 Å². The first-order valence-electron chi connectivity index (χ1n) is 9.04. The van der Waals surface area contributed by atoms with Crippen LogP contribution in [0.3, 0.4) is 0 Å². The van der Waals surface area contributed by atoms with E-state index in [2.05, 4.69) is 10.6 Å². The summed E-state index contributed by atoms with van der Waals surface area (Å²) in [7, 11) is 0. The molecular weight excluding hydrogens is 394 g/mol. The normalized spacial score (nSPS) is 12.4. The quantitative estimate of drug-likeness (QED) is 0.471. The number of hydrogen-bond acceptors (Lipinski definition) is 6. The van der Waals surface area contributed by atoms with Crippen molar-refractivity contribution < 1.29 is 18.9 Å². The Bertz CT molecular complexity index is 1090. The molecule has 0 saturated carbocycles. The largest absolute Gasteiger partial charge is 0.467 e. The van der Waals surface area contributed by atoms with Gasteiger partial charge in [0.2, 0.25) is 0 Å². The molecule has 0 unspecified atom stereocenters. The SMILES string of the molecule is O=C(Nc1sc2c(c1C(=O)NCc1ccco1)CCC2)c1ccccc1[N+](=O)[O-]. The van der Waals surface area contributed by atoms with Gasteiger partial charge >= 0.3 is 0 Å². The standard InChI is InChI=1S/C20H17N3O5S/c24-18(13-6-1-2-8-15(13)23(26)27)22-20-17(14-7-3-9-16(14)29-20)19(25)21-11-12-5-4-10-28-12/h1-2,4-6,8,10H,3,7,9,11H2,(H,21,25)(H,22,24). The van der Waals surface area contributed by atoms with Crippen LogP contribution in [0.4, 0.5) is 10.7 Å². The number of carbonyl (C=O) groups is 2. The Morgan fingerprint density at radius 1 is 1.14 bits per heavy atom. The van der Waals surface area contributed by atoms with Gasteiger partial charge in [-0.15, -0.1) is 11.3 Å². The van der Waals surface area contributed by atoms with Gasteiger partial charge in [0.1, 0.15) is 16.3 Å². The number of nitrogens with one attached hydrogen (secondary N) is 2. The number of furan rings is 1. The molecule has 0 aliphatic heterocycles. The van der Waals surface area contributed by atoms with E-state index in [1.807, 2.05) is 0 Å². The molecule has 4 rings (SSSR count). The number of anilines is 1. The summed E-state index contributed by atoms with van der Waals surface area (Å²) in [5.74, 6) is -0.299. The molecule has 3 aromatic rings. The van der Waals surface area contributed by atoms with E-state index in [1.165, 1.54) is 35.8 Å². The van der Waals surface area contributed by atoms with Gasteiger partial charge < -0.3 is 15.1 Å². The Morgan fingerprint density at radius 3 is 2.72 bits per heavy atom. The fourth-order valence-electron chi connectivity index (χ4n) is 3.40. The first-order valence-corrected chi connectivity index (χ1v) is 9.86. The number of carbonyl (C=O) groups excluding carboxylic acids is 2. The zero-order chi connectivity index (χ0) is 20.4. The molecule has 2 aromatic heterocycles. The second-order valence-corrected chi connectivity index (χ2v) is 7.66. The number of aryl methyl sites for hydroxylation is 1. The summed E-state index contributed by atoms with van der Waals surface area (Å²) in [5, 5.41) is 17.2. The molecule has 1 aliphatic rings. The third-order valence-corrected chi connectivity index (χ3v) is 5.93. The molecule has 0 spiro atoms. The summed E-state index contributed by atoms with van der Waals surface area (Å²) in [6, 6.07) is 9.23. The molecule has 2 heterocycles. The van der Waals surface area contributed by atoms with Crippen LogP contribution in [0, 0.1) is 10.1 Å². The average molecular weight is 411 g/mol. The van der Waals surface area contributed by atoms with Crippen LogP contribution in [0.2, 0.25) is 0 Å². The highest BCUT2D eigenvalue weighted by Crippen LogP contribution is 2.39.